The molecule has 5 heteroatoms. The quantitative estimate of drug-likeness (QED) is 0.613. The molecule has 1 heterocycles. The first-order chi connectivity index (χ1) is 6.76. The predicted molar refractivity (Wildman–Crippen MR) is 54.9 cm³/mol. The van der Waals surface area contributed by atoms with Crippen LogP contribution in [0.3, 0.4) is 0 Å². The van der Waals surface area contributed by atoms with Crippen LogP contribution >= 0.6 is 0 Å². The Bertz CT molecular complexity index is 155. The average molecular weight is 220 g/mol. The Morgan fingerprint density at radius 2 is 1.79 bits per heavy atom. The minimum Gasteiger partial charge on any atom is -0.374 e. The molecule has 1 aliphatic rings. The fourth-order valence-corrected chi connectivity index (χ4v) is 3.60. The van der Waals surface area contributed by atoms with Crippen LogP contribution in [0, 0.1) is 0 Å². The van der Waals surface area contributed by atoms with Crippen LogP contribution < -0.4 is 0 Å². The van der Waals surface area contributed by atoms with Crippen LogP contribution in [0.15, 0.2) is 0 Å². The van der Waals surface area contributed by atoms with E-state index in [1.807, 2.05) is 20.8 Å². The zero-order chi connectivity index (χ0) is 10.4. The van der Waals surface area contributed by atoms with Crippen molar-refractivity contribution in [2.45, 2.75) is 39.5 Å². The van der Waals surface area contributed by atoms with Gasteiger partial charge >= 0.3 is 8.80 Å². The molecule has 0 aliphatic carbocycles. The van der Waals surface area contributed by atoms with Gasteiger partial charge in [0.05, 0.1) is 6.61 Å². The van der Waals surface area contributed by atoms with Crippen molar-refractivity contribution in [3.63, 3.8) is 0 Å². The van der Waals surface area contributed by atoms with E-state index >= 15 is 0 Å². The van der Waals surface area contributed by atoms with E-state index in [9.17, 15) is 0 Å². The van der Waals surface area contributed by atoms with Gasteiger partial charge < -0.3 is 18.0 Å². The smallest absolute Gasteiger partial charge is 0.374 e. The molecule has 0 amide bonds. The molecule has 1 fully saturated rings. The summed E-state index contributed by atoms with van der Waals surface area (Å²) in [5.41, 5.74) is 0. The third kappa shape index (κ3) is 3.03. The van der Waals surface area contributed by atoms with Crippen LogP contribution in [0.2, 0.25) is 6.04 Å². The predicted octanol–water partition coefficient (Wildman–Crippen LogP) is 1.78. The number of hydrogen-bond acceptors (Lipinski definition) is 4. The van der Waals surface area contributed by atoms with E-state index < -0.39 is 8.80 Å². The first-order valence-corrected chi connectivity index (χ1v) is 7.26. The van der Waals surface area contributed by atoms with Gasteiger partial charge in [-0.1, -0.05) is 6.92 Å². The van der Waals surface area contributed by atoms with E-state index in [2.05, 4.69) is 0 Å². The van der Waals surface area contributed by atoms with E-state index in [0.717, 1.165) is 19.1 Å². The van der Waals surface area contributed by atoms with E-state index in [0.29, 0.717) is 13.2 Å². The lowest BCUT2D eigenvalue weighted by molar-refractivity contribution is -0.191. The summed E-state index contributed by atoms with van der Waals surface area (Å²) in [7, 11) is -2.43. The molecule has 84 valence electrons. The Balaban J connectivity index is 2.46. The molecule has 1 unspecified atom stereocenters. The zero-order valence-electron chi connectivity index (χ0n) is 9.25. The molecule has 4 nitrogen and oxygen atoms in total. The molecule has 1 atom stereocenters. The largest absolute Gasteiger partial charge is 0.502 e. The molecular formula is C9H20O4Si. The van der Waals surface area contributed by atoms with Crippen LogP contribution in [0.5, 0.6) is 0 Å². The van der Waals surface area contributed by atoms with Crippen molar-refractivity contribution in [3.8, 4) is 0 Å². The van der Waals surface area contributed by atoms with E-state index in [-0.39, 0.29) is 6.29 Å². The van der Waals surface area contributed by atoms with Gasteiger partial charge in [-0.05, 0) is 13.8 Å². The molecule has 14 heavy (non-hydrogen) atoms. The highest BCUT2D eigenvalue weighted by atomic mass is 28.4. The number of ether oxygens (including phenoxy) is 1. The summed E-state index contributed by atoms with van der Waals surface area (Å²) in [6, 6.07) is 0.800. The van der Waals surface area contributed by atoms with Gasteiger partial charge in [0.2, 0.25) is 0 Å². The summed E-state index contributed by atoms with van der Waals surface area (Å²) >= 11 is 0. The molecule has 1 saturated heterocycles. The maximum atomic E-state index is 5.78. The Labute approximate surface area is 86.9 Å². The van der Waals surface area contributed by atoms with Gasteiger partial charge in [0.25, 0.3) is 0 Å². The molecule has 1 rings (SSSR count). The molecule has 1 aliphatic heterocycles. The fourth-order valence-electron chi connectivity index (χ4n) is 1.34. The highest BCUT2D eigenvalue weighted by Crippen LogP contribution is 2.23. The Hall–Kier alpha value is 0.0569. The highest BCUT2D eigenvalue weighted by Gasteiger charge is 2.42. The van der Waals surface area contributed by atoms with Crippen molar-refractivity contribution in [2.75, 3.05) is 19.8 Å². The van der Waals surface area contributed by atoms with E-state index in [4.69, 9.17) is 18.0 Å². The van der Waals surface area contributed by atoms with Crippen LogP contribution in [0.25, 0.3) is 0 Å². The van der Waals surface area contributed by atoms with Crippen molar-refractivity contribution in [2.24, 2.45) is 0 Å². The van der Waals surface area contributed by atoms with Crippen LogP contribution in [-0.4, -0.2) is 34.9 Å². The second-order valence-electron chi connectivity index (χ2n) is 3.11. The van der Waals surface area contributed by atoms with Gasteiger partial charge in [-0.3, -0.25) is 0 Å². The SMILES string of the molecule is CCO[Si](CC)(OCC)OC1CCO1. The van der Waals surface area contributed by atoms with Gasteiger partial charge in [-0.2, -0.15) is 0 Å². The topological polar surface area (TPSA) is 36.9 Å². The van der Waals surface area contributed by atoms with E-state index in [1.54, 1.807) is 0 Å². The third-order valence-electron chi connectivity index (χ3n) is 2.13. The molecule has 0 aromatic heterocycles. The molecule has 0 saturated carbocycles. The van der Waals surface area contributed by atoms with Gasteiger partial charge in [-0.25, -0.2) is 0 Å². The van der Waals surface area contributed by atoms with Crippen molar-refractivity contribution >= 4 is 8.80 Å². The minimum atomic E-state index is -2.43. The zero-order valence-corrected chi connectivity index (χ0v) is 10.2. The molecule has 0 aromatic carbocycles. The average Bonchev–Trinajstić information content (AvgIpc) is 2.12. The second-order valence-corrected chi connectivity index (χ2v) is 6.00. The molecule has 0 radical (unpaired) electrons. The van der Waals surface area contributed by atoms with Crippen molar-refractivity contribution in [1.82, 2.24) is 0 Å². The first kappa shape index (κ1) is 12.1. The molecule has 0 aromatic rings. The third-order valence-corrected chi connectivity index (χ3v) is 5.07. The Morgan fingerprint density at radius 3 is 2.07 bits per heavy atom. The number of rotatable bonds is 7. The maximum Gasteiger partial charge on any atom is 0.502 e. The normalized spacial score (nSPS) is 22.1. The summed E-state index contributed by atoms with van der Waals surface area (Å²) in [4.78, 5) is 0. The number of hydrogen-bond donors (Lipinski definition) is 0. The summed E-state index contributed by atoms with van der Waals surface area (Å²) in [5, 5.41) is 0. The summed E-state index contributed by atoms with van der Waals surface area (Å²) in [6.07, 6.45) is 0.856. The molecule has 0 bridgehead atoms. The summed E-state index contributed by atoms with van der Waals surface area (Å²) < 4.78 is 22.3. The Morgan fingerprint density at radius 1 is 1.21 bits per heavy atom. The highest BCUT2D eigenvalue weighted by molar-refractivity contribution is 6.60. The van der Waals surface area contributed by atoms with Crippen molar-refractivity contribution < 1.29 is 18.0 Å². The summed E-state index contributed by atoms with van der Waals surface area (Å²) in [5.74, 6) is 0. The molecule has 0 N–H and O–H groups in total. The second kappa shape index (κ2) is 5.82. The Kier molecular flexibility index (Phi) is 5.04. The minimum absolute atomic E-state index is 0.0975. The van der Waals surface area contributed by atoms with Crippen LogP contribution in [0.1, 0.15) is 27.2 Å². The summed E-state index contributed by atoms with van der Waals surface area (Å²) in [6.45, 7) is 8.01. The lowest BCUT2D eigenvalue weighted by atomic mass is 10.4. The van der Waals surface area contributed by atoms with Crippen LogP contribution in [0.4, 0.5) is 0 Å². The lowest BCUT2D eigenvalue weighted by Crippen LogP contribution is -2.50. The standard InChI is InChI=1S/C9H20O4Si/c1-4-11-14(6-3,12-5-2)13-9-7-8-10-9/h9H,4-8H2,1-3H3. The van der Waals surface area contributed by atoms with Gasteiger partial charge in [0.1, 0.15) is 0 Å². The molecule has 0 spiro atoms. The van der Waals surface area contributed by atoms with E-state index in [1.165, 1.54) is 0 Å². The first-order valence-electron chi connectivity index (χ1n) is 5.33. The van der Waals surface area contributed by atoms with Gasteiger partial charge in [-0.15, -0.1) is 0 Å². The monoisotopic (exact) mass is 220 g/mol. The van der Waals surface area contributed by atoms with Crippen molar-refractivity contribution in [3.05, 3.63) is 0 Å². The van der Waals surface area contributed by atoms with Gasteiger partial charge in [0, 0.05) is 25.7 Å². The van der Waals surface area contributed by atoms with Gasteiger partial charge in [0.15, 0.2) is 6.29 Å². The molecular weight excluding hydrogens is 200 g/mol. The maximum absolute atomic E-state index is 5.78. The van der Waals surface area contributed by atoms with Crippen molar-refractivity contribution in [1.29, 1.82) is 0 Å². The van der Waals surface area contributed by atoms with Crippen LogP contribution in [-0.2, 0) is 18.0 Å². The fraction of sp³-hybridized carbons (Fsp3) is 1.00. The lowest BCUT2D eigenvalue weighted by Gasteiger charge is -2.35.